The molecule has 0 saturated carbocycles. The Kier molecular flexibility index (Phi) is 4.44. The summed E-state index contributed by atoms with van der Waals surface area (Å²) in [6.07, 6.45) is 1.75. The first-order valence-electron chi connectivity index (χ1n) is 6.55. The van der Waals surface area contributed by atoms with E-state index in [9.17, 15) is 9.18 Å². The van der Waals surface area contributed by atoms with Gasteiger partial charge in [0.25, 0.3) is 5.91 Å². The Morgan fingerprint density at radius 3 is 2.65 bits per heavy atom. The predicted octanol–water partition coefficient (Wildman–Crippen LogP) is 1.41. The Labute approximate surface area is 117 Å². The minimum absolute atomic E-state index is 0.0111. The molecule has 1 unspecified atom stereocenters. The van der Waals surface area contributed by atoms with E-state index in [0.717, 1.165) is 12.8 Å². The van der Waals surface area contributed by atoms with Gasteiger partial charge in [-0.2, -0.15) is 0 Å². The van der Waals surface area contributed by atoms with Gasteiger partial charge >= 0.3 is 0 Å². The fourth-order valence-electron chi connectivity index (χ4n) is 2.52. The Morgan fingerprint density at radius 1 is 1.40 bits per heavy atom. The van der Waals surface area contributed by atoms with Gasteiger partial charge in [0.15, 0.2) is 11.5 Å². The van der Waals surface area contributed by atoms with Gasteiger partial charge in [0.05, 0.1) is 19.8 Å². The van der Waals surface area contributed by atoms with Crippen LogP contribution in [0.1, 0.15) is 23.2 Å². The summed E-state index contributed by atoms with van der Waals surface area (Å²) < 4.78 is 24.2. The molecule has 0 bridgehead atoms. The molecule has 5 nitrogen and oxygen atoms in total. The second kappa shape index (κ2) is 6.09. The summed E-state index contributed by atoms with van der Waals surface area (Å²) in [4.78, 5) is 14.1. The highest BCUT2D eigenvalue weighted by atomic mass is 19.1. The lowest BCUT2D eigenvalue weighted by atomic mass is 10.1. The number of carbonyl (C=O) groups is 1. The first-order chi connectivity index (χ1) is 9.62. The topological polar surface area (TPSA) is 64.8 Å². The zero-order valence-electron chi connectivity index (χ0n) is 11.7. The van der Waals surface area contributed by atoms with Crippen LogP contribution in [0.3, 0.4) is 0 Å². The maximum Gasteiger partial charge on any atom is 0.257 e. The number of carbonyl (C=O) groups excluding carboxylic acids is 1. The summed E-state index contributed by atoms with van der Waals surface area (Å²) >= 11 is 0. The lowest BCUT2D eigenvalue weighted by molar-refractivity contribution is 0.0736. The smallest absolute Gasteiger partial charge is 0.257 e. The molecule has 20 heavy (non-hydrogen) atoms. The minimum Gasteiger partial charge on any atom is -0.493 e. The fourth-order valence-corrected chi connectivity index (χ4v) is 2.52. The van der Waals surface area contributed by atoms with Crippen LogP contribution in [0.15, 0.2) is 12.1 Å². The van der Waals surface area contributed by atoms with Crippen LogP contribution >= 0.6 is 0 Å². The number of benzene rings is 1. The molecule has 1 aromatic carbocycles. The number of likely N-dealkylation sites (tertiary alicyclic amines) is 1. The predicted molar refractivity (Wildman–Crippen MR) is 72.6 cm³/mol. The van der Waals surface area contributed by atoms with E-state index in [1.807, 2.05) is 0 Å². The van der Waals surface area contributed by atoms with Crippen molar-refractivity contribution in [2.24, 2.45) is 5.73 Å². The monoisotopic (exact) mass is 282 g/mol. The number of rotatable bonds is 4. The van der Waals surface area contributed by atoms with Gasteiger partial charge in [0.2, 0.25) is 0 Å². The van der Waals surface area contributed by atoms with Crippen LogP contribution in [0.5, 0.6) is 11.5 Å². The minimum atomic E-state index is -0.615. The number of methoxy groups -OCH3 is 2. The summed E-state index contributed by atoms with van der Waals surface area (Å²) in [6.45, 7) is 0.995. The highest BCUT2D eigenvalue weighted by Gasteiger charge is 2.30. The number of ether oxygens (including phenoxy) is 2. The highest BCUT2D eigenvalue weighted by molar-refractivity contribution is 5.95. The van der Waals surface area contributed by atoms with E-state index in [1.165, 1.54) is 26.4 Å². The molecule has 0 aliphatic carbocycles. The third-order valence-electron chi connectivity index (χ3n) is 3.61. The number of nitrogens with zero attached hydrogens (tertiary/aromatic N) is 1. The SMILES string of the molecule is COc1cc(F)c(C(=O)N2CCCC2CN)cc1OC. The van der Waals surface area contributed by atoms with Gasteiger partial charge in [-0.3, -0.25) is 4.79 Å². The van der Waals surface area contributed by atoms with Crippen molar-refractivity contribution in [2.45, 2.75) is 18.9 Å². The number of hydrogen-bond acceptors (Lipinski definition) is 4. The van der Waals surface area contributed by atoms with Crippen LogP contribution in [0.4, 0.5) is 4.39 Å². The fraction of sp³-hybridized carbons (Fsp3) is 0.500. The molecule has 1 fully saturated rings. The molecule has 110 valence electrons. The molecule has 1 heterocycles. The molecule has 1 aliphatic heterocycles. The summed E-state index contributed by atoms with van der Waals surface area (Å²) in [5, 5.41) is 0. The maximum absolute atomic E-state index is 14.1. The average molecular weight is 282 g/mol. The van der Waals surface area contributed by atoms with Crippen molar-refractivity contribution in [3.8, 4) is 11.5 Å². The van der Waals surface area contributed by atoms with Gasteiger partial charge in [-0.1, -0.05) is 0 Å². The number of halogens is 1. The second-order valence-corrected chi connectivity index (χ2v) is 4.72. The van der Waals surface area contributed by atoms with E-state index >= 15 is 0 Å². The van der Waals surface area contributed by atoms with E-state index in [2.05, 4.69) is 0 Å². The quantitative estimate of drug-likeness (QED) is 0.906. The van der Waals surface area contributed by atoms with Crippen molar-refractivity contribution in [3.63, 3.8) is 0 Å². The zero-order valence-corrected chi connectivity index (χ0v) is 11.7. The van der Waals surface area contributed by atoms with Gasteiger partial charge in [-0.15, -0.1) is 0 Å². The number of hydrogen-bond donors (Lipinski definition) is 1. The summed E-state index contributed by atoms with van der Waals surface area (Å²) in [5.41, 5.74) is 5.64. The molecule has 6 heteroatoms. The normalized spacial score (nSPS) is 18.2. The van der Waals surface area contributed by atoms with Crippen LogP contribution in [-0.2, 0) is 0 Å². The Morgan fingerprint density at radius 2 is 2.05 bits per heavy atom. The third-order valence-corrected chi connectivity index (χ3v) is 3.61. The van der Waals surface area contributed by atoms with E-state index in [0.29, 0.717) is 18.8 Å². The van der Waals surface area contributed by atoms with E-state index in [-0.39, 0.29) is 23.3 Å². The summed E-state index contributed by atoms with van der Waals surface area (Å²) in [6, 6.07) is 2.53. The van der Waals surface area contributed by atoms with Gasteiger partial charge in [-0.25, -0.2) is 4.39 Å². The van der Waals surface area contributed by atoms with Crippen molar-refractivity contribution in [3.05, 3.63) is 23.5 Å². The Hall–Kier alpha value is -1.82. The van der Waals surface area contributed by atoms with Crippen LogP contribution in [0, 0.1) is 5.82 Å². The molecule has 0 radical (unpaired) electrons. The van der Waals surface area contributed by atoms with Gasteiger partial charge in [0.1, 0.15) is 5.82 Å². The first kappa shape index (κ1) is 14.6. The average Bonchev–Trinajstić information content (AvgIpc) is 2.94. The van der Waals surface area contributed by atoms with Crippen LogP contribution < -0.4 is 15.2 Å². The molecular formula is C14H19FN2O3. The van der Waals surface area contributed by atoms with Gasteiger partial charge in [0, 0.05) is 25.2 Å². The molecule has 2 rings (SSSR count). The molecular weight excluding hydrogens is 263 g/mol. The van der Waals surface area contributed by atoms with Crippen molar-refractivity contribution in [2.75, 3.05) is 27.3 Å². The van der Waals surface area contributed by atoms with Crippen LogP contribution in [0.25, 0.3) is 0 Å². The van der Waals surface area contributed by atoms with Crippen LogP contribution in [0.2, 0.25) is 0 Å². The lowest BCUT2D eigenvalue weighted by Crippen LogP contribution is -2.40. The van der Waals surface area contributed by atoms with Crippen LogP contribution in [-0.4, -0.2) is 44.2 Å². The molecule has 1 aliphatic rings. The molecule has 2 N–H and O–H groups in total. The van der Waals surface area contributed by atoms with Crippen molar-refractivity contribution < 1.29 is 18.7 Å². The number of nitrogens with two attached hydrogens (primary N) is 1. The third kappa shape index (κ3) is 2.56. The van der Waals surface area contributed by atoms with Crippen molar-refractivity contribution in [1.82, 2.24) is 4.90 Å². The largest absolute Gasteiger partial charge is 0.493 e. The lowest BCUT2D eigenvalue weighted by Gasteiger charge is -2.24. The van der Waals surface area contributed by atoms with Crippen molar-refractivity contribution in [1.29, 1.82) is 0 Å². The van der Waals surface area contributed by atoms with E-state index in [1.54, 1.807) is 4.90 Å². The highest BCUT2D eigenvalue weighted by Crippen LogP contribution is 2.31. The Balaban J connectivity index is 2.34. The first-order valence-corrected chi connectivity index (χ1v) is 6.55. The van der Waals surface area contributed by atoms with Gasteiger partial charge < -0.3 is 20.1 Å². The number of amides is 1. The van der Waals surface area contributed by atoms with Gasteiger partial charge in [-0.05, 0) is 18.9 Å². The summed E-state index contributed by atoms with van der Waals surface area (Å²) in [5.74, 6) is -0.370. The maximum atomic E-state index is 14.1. The Bertz CT molecular complexity index is 507. The van der Waals surface area contributed by atoms with Crippen molar-refractivity contribution >= 4 is 5.91 Å². The second-order valence-electron chi connectivity index (χ2n) is 4.72. The molecule has 1 saturated heterocycles. The zero-order chi connectivity index (χ0) is 14.7. The molecule has 1 amide bonds. The van der Waals surface area contributed by atoms with E-state index < -0.39 is 5.82 Å². The molecule has 1 atom stereocenters. The summed E-state index contributed by atoms with van der Waals surface area (Å²) in [7, 11) is 2.87. The standard InChI is InChI=1S/C14H19FN2O3/c1-19-12-6-10(11(15)7-13(12)20-2)14(18)17-5-3-4-9(17)8-16/h6-7,9H,3-5,8,16H2,1-2H3. The molecule has 0 spiro atoms. The van der Waals surface area contributed by atoms with E-state index in [4.69, 9.17) is 15.2 Å². The molecule has 1 aromatic rings. The molecule has 0 aromatic heterocycles.